The van der Waals surface area contributed by atoms with Crippen molar-refractivity contribution in [1.82, 2.24) is 25.5 Å². The van der Waals surface area contributed by atoms with E-state index in [1.165, 1.54) is 0 Å². The number of fused-ring (bicyclic) bond motifs is 1. The average Bonchev–Trinajstić information content (AvgIpc) is 3.84. The molecule has 6 rings (SSSR count). The molecule has 4 N–H and O–H groups in total. The van der Waals surface area contributed by atoms with Crippen LogP contribution in [0.4, 0.5) is 4.79 Å². The maximum absolute atomic E-state index is 14.1. The van der Waals surface area contributed by atoms with Crippen LogP contribution < -0.4 is 15.5 Å². The minimum atomic E-state index is -3.59. The lowest BCUT2D eigenvalue weighted by atomic mass is 9.85. The zero-order valence-corrected chi connectivity index (χ0v) is 31.3. The first-order valence-corrected chi connectivity index (χ1v) is 20.0. The molecule has 1 aromatic heterocycles. The molecule has 1 saturated carbocycles. The molecule has 2 amide bonds. The highest BCUT2D eigenvalue weighted by atomic mass is 32.2. The Hall–Kier alpha value is -3.92. The van der Waals surface area contributed by atoms with E-state index < -0.39 is 51.7 Å². The van der Waals surface area contributed by atoms with Crippen molar-refractivity contribution in [2.75, 3.05) is 25.5 Å². The van der Waals surface area contributed by atoms with E-state index in [1.807, 2.05) is 86.6 Å². The maximum Gasteiger partial charge on any atom is 0.407 e. The summed E-state index contributed by atoms with van der Waals surface area (Å²) in [4.78, 5) is 31.8. The molecule has 2 unspecified atom stereocenters. The summed E-state index contributed by atoms with van der Waals surface area (Å²) in [5.41, 5.74) is 6.08. The van der Waals surface area contributed by atoms with Crippen LogP contribution in [0.2, 0.25) is 0 Å². The van der Waals surface area contributed by atoms with E-state index in [0.29, 0.717) is 25.9 Å². The van der Waals surface area contributed by atoms with E-state index in [-0.39, 0.29) is 43.6 Å². The fraction of sp³-hybridized carbons (Fsp3) is 0.513. The van der Waals surface area contributed by atoms with Gasteiger partial charge >= 0.3 is 6.09 Å². The highest BCUT2D eigenvalue weighted by Gasteiger charge is 2.47. The smallest absolute Gasteiger partial charge is 0.407 e. The van der Waals surface area contributed by atoms with E-state index in [1.54, 1.807) is 18.1 Å². The van der Waals surface area contributed by atoms with Crippen molar-refractivity contribution in [3.8, 4) is 11.3 Å². The Labute approximate surface area is 311 Å². The second-order valence-corrected chi connectivity index (χ2v) is 16.9. The maximum atomic E-state index is 14.1. The Balaban J connectivity index is 1.22. The number of aliphatic hydroxyl groups is 1. The van der Waals surface area contributed by atoms with Gasteiger partial charge in [0.25, 0.3) is 0 Å². The van der Waals surface area contributed by atoms with Crippen molar-refractivity contribution in [1.29, 1.82) is 0 Å². The topological polar surface area (TPSA) is 168 Å². The minimum absolute atomic E-state index is 0.0424. The molecule has 2 aromatic carbocycles. The minimum Gasteiger partial charge on any atom is -0.443 e. The number of pyridine rings is 1. The first kappa shape index (κ1) is 38.8. The molecule has 0 radical (unpaired) electrons. The number of benzene rings is 2. The molecule has 3 fully saturated rings. The first-order valence-electron chi connectivity index (χ1n) is 18.4. The van der Waals surface area contributed by atoms with Crippen LogP contribution >= 0.6 is 0 Å². The normalized spacial score (nSPS) is 24.7. The molecule has 3 heterocycles. The van der Waals surface area contributed by atoms with Crippen molar-refractivity contribution < 1.29 is 37.3 Å². The van der Waals surface area contributed by atoms with Crippen LogP contribution in [0.5, 0.6) is 0 Å². The lowest BCUT2D eigenvalue weighted by Crippen LogP contribution is -2.56. The van der Waals surface area contributed by atoms with Crippen LogP contribution in [-0.4, -0.2) is 91.6 Å². The van der Waals surface area contributed by atoms with Gasteiger partial charge in [0, 0.05) is 30.9 Å². The van der Waals surface area contributed by atoms with Crippen LogP contribution in [0.3, 0.4) is 0 Å². The molecule has 7 atom stereocenters. The molecule has 286 valence electrons. The Morgan fingerprint density at radius 1 is 1.02 bits per heavy atom. The van der Waals surface area contributed by atoms with E-state index >= 15 is 0 Å². The Morgan fingerprint density at radius 3 is 2.49 bits per heavy atom. The summed E-state index contributed by atoms with van der Waals surface area (Å²) in [5, 5.41) is 16.4. The Morgan fingerprint density at radius 2 is 1.77 bits per heavy atom. The van der Waals surface area contributed by atoms with Crippen LogP contribution in [0.1, 0.15) is 51.2 Å². The summed E-state index contributed by atoms with van der Waals surface area (Å²) in [6, 6.07) is 21.6. The number of hydrogen-bond donors (Lipinski definition) is 4. The van der Waals surface area contributed by atoms with Gasteiger partial charge in [0.15, 0.2) is 6.29 Å². The summed E-state index contributed by atoms with van der Waals surface area (Å²) in [7, 11) is -3.59. The van der Waals surface area contributed by atoms with Gasteiger partial charge in [0.2, 0.25) is 15.9 Å². The average molecular weight is 750 g/mol. The molecule has 14 heteroatoms. The number of sulfonamides is 1. The molecule has 2 saturated heterocycles. The fourth-order valence-corrected chi connectivity index (χ4v) is 8.53. The van der Waals surface area contributed by atoms with Gasteiger partial charge in [-0.15, -0.1) is 0 Å². The fourth-order valence-electron chi connectivity index (χ4n) is 7.49. The van der Waals surface area contributed by atoms with Crippen molar-refractivity contribution in [2.45, 2.75) is 83.6 Å². The van der Waals surface area contributed by atoms with E-state index in [2.05, 4.69) is 20.4 Å². The van der Waals surface area contributed by atoms with Crippen LogP contribution in [0.25, 0.3) is 11.3 Å². The van der Waals surface area contributed by atoms with Gasteiger partial charge < -0.3 is 24.6 Å². The van der Waals surface area contributed by atoms with Gasteiger partial charge in [0.1, 0.15) is 6.10 Å². The number of alkyl carbamates (subject to hydrolysis) is 1. The number of aliphatic hydroxyl groups excluding tert-OH is 1. The quantitative estimate of drug-likeness (QED) is 0.168. The number of carbonyl (C=O) groups is 2. The monoisotopic (exact) mass is 749 g/mol. The predicted molar refractivity (Wildman–Crippen MR) is 198 cm³/mol. The number of nitrogens with zero attached hydrogens (tertiary/aromatic N) is 2. The summed E-state index contributed by atoms with van der Waals surface area (Å²) in [5.74, 6) is -1.12. The van der Waals surface area contributed by atoms with E-state index in [4.69, 9.17) is 14.2 Å². The number of hydrogen-bond acceptors (Lipinski definition) is 10. The molecule has 0 spiro atoms. The van der Waals surface area contributed by atoms with E-state index in [9.17, 15) is 23.1 Å². The lowest BCUT2D eigenvalue weighted by molar-refractivity contribution is -0.131. The second-order valence-electron chi connectivity index (χ2n) is 14.9. The standard InChI is InChI=1S/C39H51N5O8S/c1-4-53(48,49)43-35-30(17-19-39(35,2)3)36(46)42-44(23-27-13-15-28(16-14-27)31-12-8-9-20-40-31)24-33(45)32(22-26-10-6-5-7-11-26)41-38(47)52-34-25-51-37-29(34)18-21-50-37/h5-16,20,29-30,32-35,37,43,45H,4,17-19,21-25H2,1-3H3,(H,41,47)(H,42,46)/t29-,30?,32-,33-,34-,35?,37+/m0/s1. The molecule has 3 aliphatic rings. The first-order chi connectivity index (χ1) is 25.4. The van der Waals surface area contributed by atoms with Crippen molar-refractivity contribution in [2.24, 2.45) is 17.3 Å². The number of carbonyl (C=O) groups excluding carboxylic acids is 2. The number of hydrazine groups is 1. The number of amides is 2. The lowest BCUT2D eigenvalue weighted by Gasteiger charge is -2.34. The molecule has 1 aliphatic carbocycles. The Kier molecular flexibility index (Phi) is 12.5. The third-order valence-electron chi connectivity index (χ3n) is 10.6. The summed E-state index contributed by atoms with van der Waals surface area (Å²) < 4.78 is 45.2. The van der Waals surface area contributed by atoms with Gasteiger partial charge in [-0.3, -0.25) is 15.2 Å². The largest absolute Gasteiger partial charge is 0.443 e. The number of aromatic nitrogens is 1. The summed E-state index contributed by atoms with van der Waals surface area (Å²) in [6.07, 6.45) is 1.24. The highest BCUT2D eigenvalue weighted by molar-refractivity contribution is 7.89. The number of nitrogens with one attached hydrogen (secondary N) is 3. The molecule has 2 aliphatic heterocycles. The van der Waals surface area contributed by atoms with Crippen LogP contribution in [-0.2, 0) is 42.0 Å². The van der Waals surface area contributed by atoms with Crippen LogP contribution in [0, 0.1) is 17.3 Å². The summed E-state index contributed by atoms with van der Waals surface area (Å²) >= 11 is 0. The zero-order valence-electron chi connectivity index (χ0n) is 30.5. The molecule has 0 bridgehead atoms. The molecule has 3 aromatic rings. The van der Waals surface area contributed by atoms with Crippen molar-refractivity contribution in [3.05, 3.63) is 90.1 Å². The van der Waals surface area contributed by atoms with E-state index in [0.717, 1.165) is 28.8 Å². The Bertz CT molecular complexity index is 1780. The molecule has 53 heavy (non-hydrogen) atoms. The summed E-state index contributed by atoms with van der Waals surface area (Å²) in [6.45, 7) is 6.44. The second kappa shape index (κ2) is 17.0. The van der Waals surface area contributed by atoms with Crippen molar-refractivity contribution in [3.63, 3.8) is 0 Å². The third-order valence-corrected chi connectivity index (χ3v) is 12.0. The molecular weight excluding hydrogens is 699 g/mol. The zero-order chi connectivity index (χ0) is 37.6. The van der Waals surface area contributed by atoms with Gasteiger partial charge in [-0.2, -0.15) is 0 Å². The predicted octanol–water partition coefficient (Wildman–Crippen LogP) is 3.79. The molecular formula is C39H51N5O8S. The van der Waals surface area contributed by atoms with Crippen molar-refractivity contribution >= 4 is 22.0 Å². The van der Waals surface area contributed by atoms with Gasteiger partial charge in [-0.1, -0.05) is 74.5 Å². The van der Waals surface area contributed by atoms with Crippen LogP contribution in [0.15, 0.2) is 79.0 Å². The SMILES string of the molecule is CCS(=O)(=O)NC1C(C(=O)NN(Cc2ccc(-c3ccccn3)cc2)C[C@H](O)[C@H](Cc2ccccc2)NC(=O)O[C@H]2CO[C@H]3OCC[C@H]32)CCC1(C)C. The highest BCUT2D eigenvalue weighted by Crippen LogP contribution is 2.42. The van der Waals surface area contributed by atoms with Gasteiger partial charge in [0.05, 0.1) is 48.6 Å². The van der Waals surface area contributed by atoms with Gasteiger partial charge in [-0.25, -0.2) is 22.9 Å². The third kappa shape index (κ3) is 9.99. The van der Waals surface area contributed by atoms with Gasteiger partial charge in [-0.05, 0) is 61.3 Å². The number of ether oxygens (including phenoxy) is 3. The molecule has 13 nitrogen and oxygen atoms in total. The number of rotatable bonds is 15.